The van der Waals surface area contributed by atoms with Gasteiger partial charge in [-0.15, -0.1) is 0 Å². The smallest absolute Gasteiger partial charge is 0.118 e. The quantitative estimate of drug-likeness (QED) is 0.849. The van der Waals surface area contributed by atoms with Crippen molar-refractivity contribution in [2.24, 2.45) is 0 Å². The Kier molecular flexibility index (Phi) is 3.96. The second kappa shape index (κ2) is 5.46. The molecule has 0 spiro atoms. The van der Waals surface area contributed by atoms with Crippen molar-refractivity contribution < 1.29 is 8.95 Å². The van der Waals surface area contributed by atoms with Crippen molar-refractivity contribution in [3.8, 4) is 5.75 Å². The molecule has 0 radical (unpaired) electrons. The van der Waals surface area contributed by atoms with Crippen LogP contribution in [0.1, 0.15) is 18.0 Å². The monoisotopic (exact) mass is 239 g/mol. The van der Waals surface area contributed by atoms with E-state index < -0.39 is 10.8 Å². The van der Waals surface area contributed by atoms with Crippen LogP contribution >= 0.6 is 0 Å². The van der Waals surface area contributed by atoms with Gasteiger partial charge in [0, 0.05) is 28.3 Å². The summed E-state index contributed by atoms with van der Waals surface area (Å²) in [5, 5.41) is 3.43. The Morgan fingerprint density at radius 2 is 2.12 bits per heavy atom. The number of rotatable bonds is 2. The molecule has 1 aromatic carbocycles. The van der Waals surface area contributed by atoms with Gasteiger partial charge in [0.1, 0.15) is 5.75 Å². The number of ether oxygens (including phenoxy) is 1. The molecule has 1 heterocycles. The van der Waals surface area contributed by atoms with E-state index in [1.165, 1.54) is 5.56 Å². The van der Waals surface area contributed by atoms with Crippen molar-refractivity contribution in [3.63, 3.8) is 0 Å². The highest BCUT2D eigenvalue weighted by Gasteiger charge is 2.17. The minimum atomic E-state index is -0.689. The van der Waals surface area contributed by atoms with Gasteiger partial charge in [-0.2, -0.15) is 0 Å². The van der Waals surface area contributed by atoms with Gasteiger partial charge in [-0.1, -0.05) is 12.1 Å². The average molecular weight is 239 g/mol. The molecule has 1 aliphatic rings. The first-order valence-electron chi connectivity index (χ1n) is 5.52. The Labute approximate surface area is 98.7 Å². The van der Waals surface area contributed by atoms with Crippen molar-refractivity contribution in [1.29, 1.82) is 0 Å². The molecule has 3 nitrogen and oxygen atoms in total. The van der Waals surface area contributed by atoms with E-state index in [1.807, 2.05) is 24.3 Å². The third-order valence-electron chi connectivity index (χ3n) is 2.81. The molecule has 0 amide bonds. The molecule has 1 saturated heterocycles. The molecule has 0 aliphatic carbocycles. The first kappa shape index (κ1) is 11.6. The normalized spacial score (nSPS) is 26.1. The average Bonchev–Trinajstić information content (AvgIpc) is 2.54. The van der Waals surface area contributed by atoms with Gasteiger partial charge in [-0.3, -0.25) is 4.21 Å². The third kappa shape index (κ3) is 2.83. The summed E-state index contributed by atoms with van der Waals surface area (Å²) >= 11 is 0. The minimum Gasteiger partial charge on any atom is -0.497 e. The maximum atomic E-state index is 11.6. The molecule has 2 unspecified atom stereocenters. The zero-order valence-corrected chi connectivity index (χ0v) is 10.3. The minimum absolute atomic E-state index is 0.217. The van der Waals surface area contributed by atoms with E-state index in [0.717, 1.165) is 24.5 Å². The summed E-state index contributed by atoms with van der Waals surface area (Å²) in [5.74, 6) is 2.39. The molecule has 0 saturated carbocycles. The first-order valence-corrected chi connectivity index (χ1v) is 7.00. The predicted molar refractivity (Wildman–Crippen MR) is 66.2 cm³/mol. The van der Waals surface area contributed by atoms with Crippen molar-refractivity contribution in [1.82, 2.24) is 5.32 Å². The Morgan fingerprint density at radius 1 is 1.38 bits per heavy atom. The van der Waals surface area contributed by atoms with Gasteiger partial charge in [-0.25, -0.2) is 0 Å². The highest BCUT2D eigenvalue weighted by atomic mass is 32.2. The van der Waals surface area contributed by atoms with Crippen molar-refractivity contribution in [3.05, 3.63) is 29.8 Å². The fourth-order valence-electron chi connectivity index (χ4n) is 1.89. The summed E-state index contributed by atoms with van der Waals surface area (Å²) in [6, 6.07) is 8.20. The van der Waals surface area contributed by atoms with E-state index in [9.17, 15) is 4.21 Å². The molecule has 88 valence electrons. The van der Waals surface area contributed by atoms with E-state index in [-0.39, 0.29) is 6.04 Å². The second-order valence-corrected chi connectivity index (χ2v) is 5.57. The van der Waals surface area contributed by atoms with Crippen LogP contribution in [-0.2, 0) is 10.8 Å². The number of hydrogen-bond acceptors (Lipinski definition) is 3. The topological polar surface area (TPSA) is 38.3 Å². The predicted octanol–water partition coefficient (Wildman–Crippen LogP) is 1.48. The van der Waals surface area contributed by atoms with E-state index in [1.54, 1.807) is 7.11 Å². The Balaban J connectivity index is 2.12. The van der Waals surface area contributed by atoms with Crippen molar-refractivity contribution in [2.75, 3.05) is 25.2 Å². The maximum Gasteiger partial charge on any atom is 0.118 e. The fourth-order valence-corrected chi connectivity index (χ4v) is 3.20. The molecular weight excluding hydrogens is 222 g/mol. The highest BCUT2D eigenvalue weighted by molar-refractivity contribution is 7.85. The molecule has 4 heteroatoms. The van der Waals surface area contributed by atoms with Crippen LogP contribution in [0.2, 0.25) is 0 Å². The van der Waals surface area contributed by atoms with Crippen LogP contribution in [-0.4, -0.2) is 29.4 Å². The molecular formula is C12H17NO2S. The number of nitrogens with one attached hydrogen (secondary N) is 1. The van der Waals surface area contributed by atoms with Crippen LogP contribution in [0, 0.1) is 0 Å². The molecule has 1 N–H and O–H groups in total. The Morgan fingerprint density at radius 3 is 2.81 bits per heavy atom. The van der Waals surface area contributed by atoms with Gasteiger partial charge in [0.05, 0.1) is 7.11 Å². The largest absolute Gasteiger partial charge is 0.497 e. The number of benzene rings is 1. The molecule has 1 aromatic rings. The number of methoxy groups -OCH3 is 1. The first-order chi connectivity index (χ1) is 7.79. The molecule has 1 aliphatic heterocycles. The van der Waals surface area contributed by atoms with Gasteiger partial charge in [0.2, 0.25) is 0 Å². The SMILES string of the molecule is COc1ccc(C2CS(=O)CCCN2)cc1. The summed E-state index contributed by atoms with van der Waals surface area (Å²) in [7, 11) is 0.972. The van der Waals surface area contributed by atoms with Gasteiger partial charge < -0.3 is 10.1 Å². The molecule has 1 fully saturated rings. The lowest BCUT2D eigenvalue weighted by Crippen LogP contribution is -2.23. The lowest BCUT2D eigenvalue weighted by atomic mass is 10.1. The lowest BCUT2D eigenvalue weighted by molar-refractivity contribution is 0.414. The summed E-state index contributed by atoms with van der Waals surface area (Å²) in [5.41, 5.74) is 1.19. The van der Waals surface area contributed by atoms with Gasteiger partial charge in [0.15, 0.2) is 0 Å². The maximum absolute atomic E-state index is 11.6. The van der Waals surface area contributed by atoms with Crippen molar-refractivity contribution in [2.45, 2.75) is 12.5 Å². The Hall–Kier alpha value is -0.870. The molecule has 2 atom stereocenters. The zero-order valence-electron chi connectivity index (χ0n) is 9.44. The number of hydrogen-bond donors (Lipinski definition) is 1. The Bertz CT molecular complexity index is 364. The van der Waals surface area contributed by atoms with Crippen LogP contribution in [0.25, 0.3) is 0 Å². The van der Waals surface area contributed by atoms with Crippen LogP contribution in [0.4, 0.5) is 0 Å². The van der Waals surface area contributed by atoms with Crippen LogP contribution in [0.5, 0.6) is 5.75 Å². The third-order valence-corrected chi connectivity index (χ3v) is 4.26. The molecule has 0 aromatic heterocycles. The van der Waals surface area contributed by atoms with Gasteiger partial charge in [0.25, 0.3) is 0 Å². The second-order valence-electron chi connectivity index (χ2n) is 3.94. The summed E-state index contributed by atoms with van der Waals surface area (Å²) in [6.45, 7) is 0.947. The molecule has 0 bridgehead atoms. The van der Waals surface area contributed by atoms with Gasteiger partial charge in [-0.05, 0) is 30.7 Å². The standard InChI is InChI=1S/C12H17NO2S/c1-15-11-5-3-10(4-6-11)12-9-16(14)8-2-7-13-12/h3-6,12-13H,2,7-9H2,1H3. The van der Waals surface area contributed by atoms with E-state index in [0.29, 0.717) is 5.75 Å². The lowest BCUT2D eigenvalue weighted by Gasteiger charge is -2.15. The fraction of sp³-hybridized carbons (Fsp3) is 0.500. The molecule has 16 heavy (non-hydrogen) atoms. The van der Waals surface area contributed by atoms with Crippen molar-refractivity contribution >= 4 is 10.8 Å². The van der Waals surface area contributed by atoms with E-state index >= 15 is 0 Å². The molecule has 2 rings (SSSR count). The zero-order chi connectivity index (χ0) is 11.4. The van der Waals surface area contributed by atoms with E-state index in [2.05, 4.69) is 5.32 Å². The van der Waals surface area contributed by atoms with Gasteiger partial charge >= 0.3 is 0 Å². The van der Waals surface area contributed by atoms with E-state index in [4.69, 9.17) is 4.74 Å². The highest BCUT2D eigenvalue weighted by Crippen LogP contribution is 2.20. The van der Waals surface area contributed by atoms with Crippen LogP contribution < -0.4 is 10.1 Å². The van der Waals surface area contributed by atoms with Crippen LogP contribution in [0.15, 0.2) is 24.3 Å². The summed E-state index contributed by atoms with van der Waals surface area (Å²) < 4.78 is 16.8. The summed E-state index contributed by atoms with van der Waals surface area (Å²) in [4.78, 5) is 0. The summed E-state index contributed by atoms with van der Waals surface area (Å²) in [6.07, 6.45) is 0.999. The van der Waals surface area contributed by atoms with Crippen LogP contribution in [0.3, 0.4) is 0 Å².